The highest BCUT2D eigenvalue weighted by Crippen LogP contribution is 2.21. The Labute approximate surface area is 158 Å². The second-order valence-electron chi connectivity index (χ2n) is 5.58. The van der Waals surface area contributed by atoms with Crippen LogP contribution in [-0.4, -0.2) is 5.71 Å². The first-order chi connectivity index (χ1) is 12.2. The van der Waals surface area contributed by atoms with Crippen LogP contribution in [0.2, 0.25) is 5.02 Å². The van der Waals surface area contributed by atoms with Crippen LogP contribution in [0, 0.1) is 6.92 Å². The van der Waals surface area contributed by atoms with E-state index in [9.17, 15) is 0 Å². The highest BCUT2D eigenvalue weighted by atomic mass is 35.5. The summed E-state index contributed by atoms with van der Waals surface area (Å²) in [6.07, 6.45) is 2.03. The number of rotatable bonds is 5. The first-order valence-electron chi connectivity index (χ1n) is 8.00. The van der Waals surface area contributed by atoms with Gasteiger partial charge in [0, 0.05) is 15.5 Å². The molecule has 3 aromatic carbocycles. The first-order valence-corrected chi connectivity index (χ1v) is 9.26. The van der Waals surface area contributed by atoms with E-state index >= 15 is 0 Å². The lowest BCUT2D eigenvalue weighted by Gasteiger charge is -2.04. The molecule has 0 atom stereocenters. The fourth-order valence-electron chi connectivity index (χ4n) is 2.28. The zero-order valence-corrected chi connectivity index (χ0v) is 15.5. The highest BCUT2D eigenvalue weighted by Gasteiger charge is 2.02. The Balaban J connectivity index is 1.87. The van der Waals surface area contributed by atoms with Gasteiger partial charge in [-0.3, -0.25) is 0 Å². The number of aliphatic imine (C=N–C) groups is 1. The molecule has 0 unspecified atom stereocenters. The summed E-state index contributed by atoms with van der Waals surface area (Å²) in [6, 6.07) is 26.2. The van der Waals surface area contributed by atoms with E-state index in [4.69, 9.17) is 16.6 Å². The van der Waals surface area contributed by atoms with Crippen molar-refractivity contribution in [3.05, 3.63) is 106 Å². The van der Waals surface area contributed by atoms with Crippen molar-refractivity contribution in [2.24, 2.45) is 4.99 Å². The quantitative estimate of drug-likeness (QED) is 0.348. The molecule has 0 saturated carbocycles. The standard InChI is InChI=1S/C22H18ClNS/c1-17-10-12-21(13-11-17)25-15-14-22(18-6-5-7-19(23)16-18)24-20-8-3-2-4-9-20/h2-16H,1H3. The Morgan fingerprint density at radius 1 is 0.920 bits per heavy atom. The van der Waals surface area contributed by atoms with E-state index in [1.54, 1.807) is 11.8 Å². The Kier molecular flexibility index (Phi) is 6.10. The topological polar surface area (TPSA) is 12.4 Å². The molecule has 0 N–H and O–H groups in total. The van der Waals surface area contributed by atoms with E-state index in [1.165, 1.54) is 10.5 Å². The summed E-state index contributed by atoms with van der Waals surface area (Å²) in [5.74, 6) is 0. The zero-order valence-electron chi connectivity index (χ0n) is 13.9. The van der Waals surface area contributed by atoms with E-state index in [-0.39, 0.29) is 0 Å². The van der Waals surface area contributed by atoms with Crippen molar-refractivity contribution in [3.63, 3.8) is 0 Å². The Morgan fingerprint density at radius 2 is 1.68 bits per heavy atom. The lowest BCUT2D eigenvalue weighted by Crippen LogP contribution is -1.95. The molecule has 0 fully saturated rings. The Hall–Kier alpha value is -2.29. The van der Waals surface area contributed by atoms with Crippen LogP contribution in [0.25, 0.3) is 0 Å². The summed E-state index contributed by atoms with van der Waals surface area (Å²) in [5, 5.41) is 2.77. The van der Waals surface area contributed by atoms with Gasteiger partial charge in [0.1, 0.15) is 0 Å². The van der Waals surface area contributed by atoms with Gasteiger partial charge in [0.25, 0.3) is 0 Å². The first kappa shape index (κ1) is 17.5. The van der Waals surface area contributed by atoms with Gasteiger partial charge in [0.2, 0.25) is 0 Å². The van der Waals surface area contributed by atoms with Crippen LogP contribution < -0.4 is 0 Å². The van der Waals surface area contributed by atoms with Crippen molar-refractivity contribution in [2.45, 2.75) is 11.8 Å². The number of halogens is 1. The number of para-hydroxylation sites is 1. The highest BCUT2D eigenvalue weighted by molar-refractivity contribution is 8.02. The average molecular weight is 364 g/mol. The predicted octanol–water partition coefficient (Wildman–Crippen LogP) is 7.08. The summed E-state index contributed by atoms with van der Waals surface area (Å²) >= 11 is 7.82. The van der Waals surface area contributed by atoms with E-state index in [0.29, 0.717) is 5.02 Å². The molecule has 25 heavy (non-hydrogen) atoms. The second-order valence-corrected chi connectivity index (χ2v) is 6.99. The Morgan fingerprint density at radius 3 is 2.40 bits per heavy atom. The normalized spacial score (nSPS) is 11.8. The molecular formula is C22H18ClNS. The maximum absolute atomic E-state index is 6.15. The van der Waals surface area contributed by atoms with E-state index in [0.717, 1.165) is 17.0 Å². The van der Waals surface area contributed by atoms with E-state index < -0.39 is 0 Å². The number of hydrogen-bond acceptors (Lipinski definition) is 2. The molecule has 0 amide bonds. The van der Waals surface area contributed by atoms with Gasteiger partial charge < -0.3 is 0 Å². The minimum Gasteiger partial charge on any atom is -0.248 e. The second kappa shape index (κ2) is 8.70. The molecule has 1 nitrogen and oxygen atoms in total. The van der Waals surface area contributed by atoms with Gasteiger partial charge in [-0.2, -0.15) is 0 Å². The van der Waals surface area contributed by atoms with Gasteiger partial charge >= 0.3 is 0 Å². The van der Waals surface area contributed by atoms with Crippen molar-refractivity contribution >= 4 is 34.8 Å². The van der Waals surface area contributed by atoms with Gasteiger partial charge in [-0.05, 0) is 54.8 Å². The lowest BCUT2D eigenvalue weighted by atomic mass is 10.1. The Bertz CT molecular complexity index is 883. The fraction of sp³-hybridized carbons (Fsp3) is 0.0455. The van der Waals surface area contributed by atoms with Crippen LogP contribution in [0.4, 0.5) is 5.69 Å². The van der Waals surface area contributed by atoms with Gasteiger partial charge in [-0.25, -0.2) is 4.99 Å². The van der Waals surface area contributed by atoms with Crippen LogP contribution in [-0.2, 0) is 0 Å². The number of thioether (sulfide) groups is 1. The average Bonchev–Trinajstić information content (AvgIpc) is 2.63. The molecule has 0 aliphatic heterocycles. The maximum atomic E-state index is 6.15. The largest absolute Gasteiger partial charge is 0.248 e. The van der Waals surface area contributed by atoms with Gasteiger partial charge in [0.05, 0.1) is 11.4 Å². The summed E-state index contributed by atoms with van der Waals surface area (Å²) in [5.41, 5.74) is 4.06. The smallest absolute Gasteiger partial charge is 0.0715 e. The lowest BCUT2D eigenvalue weighted by molar-refractivity contribution is 1.38. The molecule has 0 radical (unpaired) electrons. The summed E-state index contributed by atoms with van der Waals surface area (Å²) in [7, 11) is 0. The molecule has 3 rings (SSSR count). The molecule has 0 heterocycles. The van der Waals surface area contributed by atoms with Crippen LogP contribution in [0.5, 0.6) is 0 Å². The SMILES string of the molecule is Cc1ccc(SC=CC(=Nc2ccccc2)c2cccc(Cl)c2)cc1. The number of benzene rings is 3. The number of allylic oxidation sites excluding steroid dienone is 1. The minimum atomic E-state index is 0.706. The molecular weight excluding hydrogens is 346 g/mol. The molecule has 0 aromatic heterocycles. The third-order valence-corrected chi connectivity index (χ3v) is 4.63. The molecule has 0 spiro atoms. The zero-order chi connectivity index (χ0) is 17.5. The van der Waals surface area contributed by atoms with Gasteiger partial charge in [-0.1, -0.05) is 71.4 Å². The predicted molar refractivity (Wildman–Crippen MR) is 110 cm³/mol. The minimum absolute atomic E-state index is 0.706. The van der Waals surface area contributed by atoms with Crippen LogP contribution in [0.1, 0.15) is 11.1 Å². The molecule has 124 valence electrons. The van der Waals surface area contributed by atoms with Crippen molar-refractivity contribution in [2.75, 3.05) is 0 Å². The maximum Gasteiger partial charge on any atom is 0.0715 e. The number of nitrogens with zero attached hydrogens (tertiary/aromatic N) is 1. The molecule has 0 bridgehead atoms. The van der Waals surface area contributed by atoms with E-state index in [2.05, 4.69) is 36.6 Å². The van der Waals surface area contributed by atoms with Crippen molar-refractivity contribution < 1.29 is 0 Å². The molecule has 0 aliphatic carbocycles. The van der Waals surface area contributed by atoms with Crippen molar-refractivity contribution in [1.82, 2.24) is 0 Å². The monoisotopic (exact) mass is 363 g/mol. The summed E-state index contributed by atoms with van der Waals surface area (Å²) < 4.78 is 0. The number of hydrogen-bond donors (Lipinski definition) is 0. The van der Waals surface area contributed by atoms with Crippen LogP contribution >= 0.6 is 23.4 Å². The molecule has 0 saturated heterocycles. The molecule has 0 aliphatic rings. The van der Waals surface area contributed by atoms with E-state index in [1.807, 2.05) is 60.7 Å². The third-order valence-electron chi connectivity index (χ3n) is 3.58. The van der Waals surface area contributed by atoms with Crippen molar-refractivity contribution in [3.8, 4) is 0 Å². The third kappa shape index (κ3) is 5.35. The molecule has 3 heteroatoms. The summed E-state index contributed by atoms with van der Waals surface area (Å²) in [4.78, 5) is 5.97. The van der Waals surface area contributed by atoms with Crippen molar-refractivity contribution in [1.29, 1.82) is 0 Å². The van der Waals surface area contributed by atoms with Gasteiger partial charge in [0.15, 0.2) is 0 Å². The van der Waals surface area contributed by atoms with Gasteiger partial charge in [-0.15, -0.1) is 0 Å². The van der Waals surface area contributed by atoms with Crippen LogP contribution in [0.3, 0.4) is 0 Å². The van der Waals surface area contributed by atoms with Crippen LogP contribution in [0.15, 0.2) is 100 Å². The fourth-order valence-corrected chi connectivity index (χ4v) is 3.12. The number of aryl methyl sites for hydroxylation is 1. The molecule has 3 aromatic rings. The summed E-state index contributed by atoms with van der Waals surface area (Å²) in [6.45, 7) is 2.09.